The van der Waals surface area contributed by atoms with Gasteiger partial charge >= 0.3 is 12.1 Å². The highest BCUT2D eigenvalue weighted by Crippen LogP contribution is 2.48. The molecule has 1 atom stereocenters. The van der Waals surface area contributed by atoms with Crippen LogP contribution < -0.4 is 0 Å². The van der Waals surface area contributed by atoms with Crippen LogP contribution in [0.25, 0.3) is 0 Å². The lowest BCUT2D eigenvalue weighted by atomic mass is 9.70. The Morgan fingerprint density at radius 3 is 2.31 bits per heavy atom. The van der Waals surface area contributed by atoms with Crippen LogP contribution in [0.5, 0.6) is 0 Å². The highest BCUT2D eigenvalue weighted by Gasteiger charge is 2.61. The normalized spacial score (nSPS) is 19.7. The maximum atomic E-state index is 13.8. The van der Waals surface area contributed by atoms with Gasteiger partial charge in [0.15, 0.2) is 0 Å². The quantitative estimate of drug-likeness (QED) is 0.175. The number of carbonyl (C=O) groups excluding carboxylic acids is 3. The van der Waals surface area contributed by atoms with Gasteiger partial charge in [-0.25, -0.2) is 4.39 Å². The molecule has 13 heteroatoms. The zero-order valence-electron chi connectivity index (χ0n) is 29.2. The Labute approximate surface area is 294 Å². The Morgan fingerprint density at radius 2 is 1.65 bits per heavy atom. The van der Waals surface area contributed by atoms with Crippen LogP contribution >= 0.6 is 0 Å². The minimum absolute atomic E-state index is 0.0739. The van der Waals surface area contributed by atoms with Crippen LogP contribution in [0.3, 0.4) is 0 Å². The molecule has 0 bridgehead atoms. The summed E-state index contributed by atoms with van der Waals surface area (Å²) in [5.74, 6) is -2.09. The van der Waals surface area contributed by atoms with E-state index in [-0.39, 0.29) is 56.5 Å². The second-order valence-electron chi connectivity index (χ2n) is 14.8. The van der Waals surface area contributed by atoms with Crippen molar-refractivity contribution < 1.29 is 41.4 Å². The number of rotatable bonds is 11. The number of hydrogen-bond acceptors (Lipinski definition) is 6. The first kappa shape index (κ1) is 36.5. The molecule has 0 radical (unpaired) electrons. The number of alkyl halides is 3. The van der Waals surface area contributed by atoms with Gasteiger partial charge < -0.3 is 19.3 Å². The van der Waals surface area contributed by atoms with E-state index in [1.807, 2.05) is 24.3 Å². The molecule has 2 aliphatic heterocycles. The van der Waals surface area contributed by atoms with E-state index in [1.165, 1.54) is 23.2 Å². The van der Waals surface area contributed by atoms with Gasteiger partial charge in [0.1, 0.15) is 11.2 Å². The van der Waals surface area contributed by atoms with Crippen molar-refractivity contribution in [3.63, 3.8) is 0 Å². The first-order valence-electron chi connectivity index (χ1n) is 17.4. The van der Waals surface area contributed by atoms with Crippen LogP contribution in [0, 0.1) is 22.6 Å². The third kappa shape index (κ3) is 7.14. The Morgan fingerprint density at radius 1 is 0.961 bits per heavy atom. The van der Waals surface area contributed by atoms with Gasteiger partial charge in [-0.15, -0.1) is 0 Å². The van der Waals surface area contributed by atoms with Gasteiger partial charge in [-0.1, -0.05) is 49.2 Å². The lowest BCUT2D eigenvalue weighted by molar-refractivity contribution is -0.223. The number of hydrogen-bond donors (Lipinski definition) is 0. The van der Waals surface area contributed by atoms with Gasteiger partial charge in [-0.05, 0) is 62.4 Å². The number of ether oxygens (including phenoxy) is 2. The molecular formula is C38H44F4N4O5. The minimum Gasteiger partial charge on any atom is -0.465 e. The lowest BCUT2D eigenvalue weighted by Crippen LogP contribution is -2.66. The summed E-state index contributed by atoms with van der Waals surface area (Å²) in [4.78, 5) is 42.7. The molecule has 3 fully saturated rings. The molecule has 1 spiro atoms. The van der Waals surface area contributed by atoms with E-state index in [0.29, 0.717) is 25.3 Å². The maximum Gasteiger partial charge on any atom is 0.402 e. The van der Waals surface area contributed by atoms with Crippen molar-refractivity contribution in [3.8, 4) is 0 Å². The molecule has 1 aliphatic carbocycles. The number of benzene rings is 2. The summed E-state index contributed by atoms with van der Waals surface area (Å²) in [5.41, 5.74) is -0.944. The molecule has 274 valence electrons. The molecule has 9 nitrogen and oxygen atoms in total. The minimum atomic E-state index is -4.71. The molecule has 0 unspecified atom stereocenters. The standard InChI is InChI=1S/C38H44F4N4O5/c1-4-51-34(49)37(14-5-6-15-37)29-9-7-8-27(16-29)21-50-22-30-20-44(23-36(30)24-45(25-36)33(48)35(2,3)38(40,41)42)32(47)28-17-43-46(19-28)18-26-10-12-31(39)13-11-26/h7-13,16-17,19,30H,4-6,14-15,18,20-25H2,1-3H3/t30-/m0/s1. The van der Waals surface area contributed by atoms with E-state index in [4.69, 9.17) is 9.47 Å². The largest absolute Gasteiger partial charge is 0.465 e. The zero-order chi connectivity index (χ0) is 36.6. The van der Waals surface area contributed by atoms with E-state index in [2.05, 4.69) is 5.10 Å². The number of carbonyl (C=O) groups is 3. The summed E-state index contributed by atoms with van der Waals surface area (Å²) in [6.45, 7) is 5.35. The van der Waals surface area contributed by atoms with Gasteiger partial charge in [0.05, 0.1) is 43.5 Å². The lowest BCUT2D eigenvalue weighted by Gasteiger charge is -2.52. The smallest absolute Gasteiger partial charge is 0.402 e. The molecular weight excluding hydrogens is 668 g/mol. The average Bonchev–Trinajstić information content (AvgIpc) is 3.84. The van der Waals surface area contributed by atoms with E-state index in [0.717, 1.165) is 56.2 Å². The molecule has 2 saturated heterocycles. The van der Waals surface area contributed by atoms with E-state index in [1.54, 1.807) is 34.8 Å². The Kier molecular flexibility index (Phi) is 10.1. The fourth-order valence-electron chi connectivity index (χ4n) is 7.81. The summed E-state index contributed by atoms with van der Waals surface area (Å²) in [5, 5.41) is 4.31. The SMILES string of the molecule is CCOC(=O)C1(c2cccc(COC[C@@H]3CN(C(=O)c4cnn(Cc5ccc(F)cc5)c4)CC34CN(C(=O)C(C)(C)C(F)(F)F)C4)c2)CCCC1. The van der Waals surface area contributed by atoms with Crippen LogP contribution in [0.2, 0.25) is 0 Å². The van der Waals surface area contributed by atoms with Gasteiger partial charge in [0, 0.05) is 43.7 Å². The van der Waals surface area contributed by atoms with Crippen molar-refractivity contribution in [1.82, 2.24) is 19.6 Å². The number of aromatic nitrogens is 2. The first-order valence-corrected chi connectivity index (χ1v) is 17.4. The maximum absolute atomic E-state index is 13.8. The van der Waals surface area contributed by atoms with Crippen LogP contribution in [0.15, 0.2) is 60.9 Å². The molecule has 6 rings (SSSR count). The number of halogens is 4. The van der Waals surface area contributed by atoms with Crippen LogP contribution in [0.1, 0.15) is 73.5 Å². The average molecular weight is 713 g/mol. The third-order valence-electron chi connectivity index (χ3n) is 11.0. The van der Waals surface area contributed by atoms with Crippen LogP contribution in [-0.2, 0) is 37.6 Å². The molecule has 51 heavy (non-hydrogen) atoms. The molecule has 1 saturated carbocycles. The van der Waals surface area contributed by atoms with Gasteiger partial charge in [0.2, 0.25) is 5.91 Å². The number of nitrogens with zero attached hydrogens (tertiary/aromatic N) is 4. The molecule has 3 heterocycles. The predicted molar refractivity (Wildman–Crippen MR) is 179 cm³/mol. The van der Waals surface area contributed by atoms with Crippen molar-refractivity contribution in [3.05, 3.63) is 89.0 Å². The highest BCUT2D eigenvalue weighted by atomic mass is 19.4. The Bertz CT molecular complexity index is 1740. The molecule has 3 aliphatic rings. The summed E-state index contributed by atoms with van der Waals surface area (Å²) in [6, 6.07) is 13.7. The first-order chi connectivity index (χ1) is 24.2. The second-order valence-corrected chi connectivity index (χ2v) is 14.8. The monoisotopic (exact) mass is 712 g/mol. The van der Waals surface area contributed by atoms with Crippen LogP contribution in [0.4, 0.5) is 17.6 Å². The van der Waals surface area contributed by atoms with Gasteiger partial charge in [-0.3, -0.25) is 19.1 Å². The van der Waals surface area contributed by atoms with Crippen molar-refractivity contribution in [2.45, 2.75) is 71.2 Å². The van der Waals surface area contributed by atoms with Crippen LogP contribution in [-0.4, -0.2) is 82.9 Å². The van der Waals surface area contributed by atoms with Crippen molar-refractivity contribution in [2.24, 2.45) is 16.7 Å². The van der Waals surface area contributed by atoms with Gasteiger partial charge in [0.25, 0.3) is 5.91 Å². The fourth-order valence-corrected chi connectivity index (χ4v) is 7.81. The molecule has 1 aromatic heterocycles. The van der Waals surface area contributed by atoms with Crippen molar-refractivity contribution >= 4 is 17.8 Å². The number of amides is 2. The fraction of sp³-hybridized carbons (Fsp3) is 0.526. The van der Waals surface area contributed by atoms with Crippen molar-refractivity contribution in [1.29, 1.82) is 0 Å². The Balaban J connectivity index is 1.16. The summed E-state index contributed by atoms with van der Waals surface area (Å²) < 4.78 is 67.9. The second kappa shape index (κ2) is 14.0. The van der Waals surface area contributed by atoms with Gasteiger partial charge in [-0.2, -0.15) is 18.3 Å². The summed E-state index contributed by atoms with van der Waals surface area (Å²) in [6.07, 6.45) is 1.68. The topological polar surface area (TPSA) is 94.0 Å². The third-order valence-corrected chi connectivity index (χ3v) is 11.0. The Hall–Kier alpha value is -4.26. The molecule has 2 aromatic carbocycles. The number of esters is 1. The molecule has 3 aromatic rings. The summed E-state index contributed by atoms with van der Waals surface area (Å²) >= 11 is 0. The highest BCUT2D eigenvalue weighted by molar-refractivity contribution is 5.94. The van der Waals surface area contributed by atoms with E-state index in [9.17, 15) is 31.9 Å². The van der Waals surface area contributed by atoms with E-state index >= 15 is 0 Å². The number of likely N-dealkylation sites (tertiary alicyclic amines) is 2. The van der Waals surface area contributed by atoms with E-state index < -0.39 is 28.3 Å². The summed E-state index contributed by atoms with van der Waals surface area (Å²) in [7, 11) is 0. The molecule has 0 N–H and O–H groups in total. The van der Waals surface area contributed by atoms with Crippen molar-refractivity contribution in [2.75, 3.05) is 39.4 Å². The predicted octanol–water partition coefficient (Wildman–Crippen LogP) is 6.15. The molecule has 2 amide bonds. The zero-order valence-corrected chi connectivity index (χ0v) is 29.2.